The Hall–Kier alpha value is -1.53. The molecule has 0 aromatic heterocycles. The lowest BCUT2D eigenvalue weighted by atomic mass is 9.92. The van der Waals surface area contributed by atoms with Gasteiger partial charge in [0.05, 0.1) is 13.2 Å². The number of hydrogen-bond donors (Lipinski definition) is 2. The molecular weight excluding hydrogens is 322 g/mol. The molecule has 128 valence electrons. The number of rotatable bonds is 4. The number of aliphatic hydroxyl groups excluding tert-OH is 1. The summed E-state index contributed by atoms with van der Waals surface area (Å²) in [5.41, 5.74) is 5.18. The molecule has 0 spiro atoms. The lowest BCUT2D eigenvalue weighted by molar-refractivity contribution is 0.280. The second-order valence-electron chi connectivity index (χ2n) is 6.92. The summed E-state index contributed by atoms with van der Waals surface area (Å²) in [5.74, 6) is 0.836. The highest BCUT2D eigenvalue weighted by Gasteiger charge is 2.27. The summed E-state index contributed by atoms with van der Waals surface area (Å²) in [7, 11) is 0. The van der Waals surface area contributed by atoms with E-state index in [-0.39, 0.29) is 11.4 Å². The zero-order chi connectivity index (χ0) is 17.3. The third kappa shape index (κ3) is 3.44. The van der Waals surface area contributed by atoms with E-state index in [9.17, 15) is 9.66 Å². The first-order valence-electron chi connectivity index (χ1n) is 8.03. The van der Waals surface area contributed by atoms with E-state index < -0.39 is 11.4 Å². The van der Waals surface area contributed by atoms with Crippen molar-refractivity contribution >= 4 is 11.4 Å². The minimum Gasteiger partial charge on any atom is -0.598 e. The van der Waals surface area contributed by atoms with E-state index in [1.807, 2.05) is 51.1 Å². The molecule has 1 aliphatic rings. The van der Waals surface area contributed by atoms with Gasteiger partial charge in [-0.25, -0.2) is 0 Å². The van der Waals surface area contributed by atoms with Gasteiger partial charge < -0.3 is 14.4 Å². The largest absolute Gasteiger partial charge is 0.598 e. The summed E-state index contributed by atoms with van der Waals surface area (Å²) in [6.45, 7) is 6.89. The number of nitrogens with one attached hydrogen (secondary N) is 1. The molecule has 0 amide bonds. The van der Waals surface area contributed by atoms with Crippen LogP contribution in [0.3, 0.4) is 0 Å². The highest BCUT2D eigenvalue weighted by molar-refractivity contribution is 7.90. The van der Waals surface area contributed by atoms with Gasteiger partial charge in [-0.2, -0.15) is 0 Å². The maximum absolute atomic E-state index is 12.2. The van der Waals surface area contributed by atoms with E-state index in [0.717, 1.165) is 33.6 Å². The molecular formula is C19H23NO3S. The molecule has 0 saturated carbocycles. The highest BCUT2D eigenvalue weighted by atomic mass is 32.2. The summed E-state index contributed by atoms with van der Waals surface area (Å²) in [6.07, 6.45) is 0. The molecule has 0 fully saturated rings. The van der Waals surface area contributed by atoms with Crippen molar-refractivity contribution < 1.29 is 14.4 Å². The topological polar surface area (TPSA) is 64.5 Å². The summed E-state index contributed by atoms with van der Waals surface area (Å²) >= 11 is -1.11. The molecule has 1 atom stereocenters. The van der Waals surface area contributed by atoms with Gasteiger partial charge in [-0.1, -0.05) is 24.3 Å². The lowest BCUT2D eigenvalue weighted by Crippen LogP contribution is -2.39. The van der Waals surface area contributed by atoms with Crippen molar-refractivity contribution in [1.82, 2.24) is 4.72 Å². The van der Waals surface area contributed by atoms with Crippen molar-refractivity contribution in [3.8, 4) is 16.9 Å². The Morgan fingerprint density at radius 2 is 2.00 bits per heavy atom. The standard InChI is InChI=1S/C19H23NO3S/c1-19(2,3)24(22)20-10-14-5-4-6-15-16-9-13(11-21)7-8-18(16)23-12-17(14)15/h4-9,20-21H,10-12H2,1-3H3. The van der Waals surface area contributed by atoms with E-state index in [4.69, 9.17) is 4.74 Å². The molecule has 5 heteroatoms. The van der Waals surface area contributed by atoms with Gasteiger partial charge in [0.2, 0.25) is 0 Å². The number of benzene rings is 2. The Bertz CT molecular complexity index is 740. The minimum absolute atomic E-state index is 0.00836. The van der Waals surface area contributed by atoms with Gasteiger partial charge in [-0.15, -0.1) is 4.72 Å². The van der Waals surface area contributed by atoms with Crippen LogP contribution in [0.4, 0.5) is 0 Å². The first-order valence-corrected chi connectivity index (χ1v) is 9.18. The molecule has 0 aliphatic carbocycles. The number of aliphatic hydroxyl groups is 1. The van der Waals surface area contributed by atoms with Gasteiger partial charge >= 0.3 is 0 Å². The predicted octanol–water partition coefficient (Wildman–Crippen LogP) is 3.29. The Balaban J connectivity index is 1.91. The monoisotopic (exact) mass is 345 g/mol. The Kier molecular flexibility index (Phi) is 4.88. The first-order chi connectivity index (χ1) is 11.4. The molecule has 2 N–H and O–H groups in total. The van der Waals surface area contributed by atoms with E-state index in [2.05, 4.69) is 10.8 Å². The average Bonchev–Trinajstić information content (AvgIpc) is 2.57. The maximum atomic E-state index is 12.2. The van der Waals surface area contributed by atoms with Crippen LogP contribution in [0.5, 0.6) is 5.75 Å². The quantitative estimate of drug-likeness (QED) is 0.835. The van der Waals surface area contributed by atoms with Crippen LogP contribution in [0.25, 0.3) is 11.1 Å². The predicted molar refractivity (Wildman–Crippen MR) is 96.9 cm³/mol. The normalized spacial score (nSPS) is 14.5. The van der Waals surface area contributed by atoms with Crippen LogP contribution in [-0.4, -0.2) is 14.4 Å². The van der Waals surface area contributed by atoms with Crippen LogP contribution in [0, 0.1) is 0 Å². The van der Waals surface area contributed by atoms with Crippen LogP contribution in [0.2, 0.25) is 0 Å². The zero-order valence-corrected chi connectivity index (χ0v) is 15.1. The van der Waals surface area contributed by atoms with Gasteiger partial charge in [-0.3, -0.25) is 0 Å². The van der Waals surface area contributed by atoms with Crippen LogP contribution < -0.4 is 9.46 Å². The molecule has 2 aromatic carbocycles. The third-order valence-corrected chi connectivity index (χ3v) is 5.63. The van der Waals surface area contributed by atoms with Gasteiger partial charge in [-0.05, 0) is 49.6 Å². The minimum atomic E-state index is -1.11. The van der Waals surface area contributed by atoms with Gasteiger partial charge in [0, 0.05) is 22.5 Å². The van der Waals surface area contributed by atoms with E-state index >= 15 is 0 Å². The Labute approximate surface area is 146 Å². The second-order valence-corrected chi connectivity index (χ2v) is 8.97. The molecule has 1 heterocycles. The van der Waals surface area contributed by atoms with Crippen LogP contribution in [0.15, 0.2) is 36.4 Å². The van der Waals surface area contributed by atoms with Gasteiger partial charge in [0.1, 0.15) is 17.1 Å². The molecule has 1 unspecified atom stereocenters. The SMILES string of the molecule is CC(C)(C)[S+]([O-])NCc1cccc2c1COc1ccc(CO)cc1-2. The van der Waals surface area contributed by atoms with Crippen molar-refractivity contribution in [3.05, 3.63) is 53.1 Å². The van der Waals surface area contributed by atoms with Gasteiger partial charge in [0.15, 0.2) is 0 Å². The fourth-order valence-corrected chi connectivity index (χ4v) is 3.46. The molecule has 0 saturated heterocycles. The zero-order valence-electron chi connectivity index (χ0n) is 14.3. The summed E-state index contributed by atoms with van der Waals surface area (Å²) in [5, 5.41) is 9.38. The molecule has 24 heavy (non-hydrogen) atoms. The Morgan fingerprint density at radius 1 is 1.21 bits per heavy atom. The van der Waals surface area contributed by atoms with Crippen LogP contribution >= 0.6 is 0 Å². The molecule has 0 bridgehead atoms. The first kappa shape index (κ1) is 17.3. The van der Waals surface area contributed by atoms with Gasteiger partial charge in [0.25, 0.3) is 0 Å². The third-order valence-electron chi connectivity index (χ3n) is 4.11. The van der Waals surface area contributed by atoms with Crippen molar-refractivity contribution in [1.29, 1.82) is 0 Å². The summed E-state index contributed by atoms with van der Waals surface area (Å²) in [4.78, 5) is 0. The molecule has 3 rings (SSSR count). The van der Waals surface area contributed by atoms with E-state index in [0.29, 0.717) is 13.2 Å². The molecule has 1 aliphatic heterocycles. The lowest BCUT2D eigenvalue weighted by Gasteiger charge is -2.26. The number of hydrogen-bond acceptors (Lipinski definition) is 4. The number of ether oxygens (including phenoxy) is 1. The fraction of sp³-hybridized carbons (Fsp3) is 0.368. The summed E-state index contributed by atoms with van der Waals surface area (Å²) < 4.78 is 20.9. The molecule has 2 aromatic rings. The Morgan fingerprint density at radius 3 is 2.71 bits per heavy atom. The number of fused-ring (bicyclic) bond motifs is 3. The van der Waals surface area contributed by atoms with Crippen LogP contribution in [0.1, 0.15) is 37.5 Å². The van der Waals surface area contributed by atoms with E-state index in [1.54, 1.807) is 0 Å². The highest BCUT2D eigenvalue weighted by Crippen LogP contribution is 2.39. The second kappa shape index (κ2) is 6.76. The summed E-state index contributed by atoms with van der Waals surface area (Å²) in [6, 6.07) is 11.9. The maximum Gasteiger partial charge on any atom is 0.136 e. The smallest absolute Gasteiger partial charge is 0.136 e. The van der Waals surface area contributed by atoms with E-state index in [1.165, 1.54) is 0 Å². The van der Waals surface area contributed by atoms with Crippen molar-refractivity contribution in [2.75, 3.05) is 0 Å². The fourth-order valence-electron chi connectivity index (χ4n) is 2.74. The average molecular weight is 345 g/mol. The van der Waals surface area contributed by atoms with Crippen molar-refractivity contribution in [2.45, 2.75) is 45.3 Å². The van der Waals surface area contributed by atoms with Crippen molar-refractivity contribution in [2.24, 2.45) is 0 Å². The molecule has 0 radical (unpaired) electrons. The molecule has 4 nitrogen and oxygen atoms in total. The van der Waals surface area contributed by atoms with Crippen LogP contribution in [-0.2, 0) is 31.1 Å². The van der Waals surface area contributed by atoms with Crippen molar-refractivity contribution in [3.63, 3.8) is 0 Å².